The van der Waals surface area contributed by atoms with E-state index in [2.05, 4.69) is 47.6 Å². The second-order valence-electron chi connectivity index (χ2n) is 13.2. The van der Waals surface area contributed by atoms with E-state index in [1.165, 1.54) is 57.8 Å². The minimum atomic E-state index is -0.133. The van der Waals surface area contributed by atoms with Crippen molar-refractivity contribution in [1.82, 2.24) is 0 Å². The Bertz CT molecular complexity index is 722. The zero-order chi connectivity index (χ0) is 23.3. The van der Waals surface area contributed by atoms with Gasteiger partial charge in [-0.15, -0.1) is 0 Å². The van der Waals surface area contributed by atoms with Crippen LogP contribution in [0.15, 0.2) is 11.6 Å². The highest BCUT2D eigenvalue weighted by Gasteiger charge is 2.59. The standard InChI is InChI=1S/C30H50O2/c1-19(2)20(3)8-9-21(4)26-12-13-27-25-11-10-23-18-24(32-22(5)31)14-16-29(23,6)28(25)15-17-30(26,27)7/h18-21,24-28H,8-17H2,1-7H3/t20-,21+,24-,25+,26-,27+,28+,29-,30+/m0/s1. The van der Waals surface area contributed by atoms with Crippen molar-refractivity contribution in [2.45, 2.75) is 119 Å². The van der Waals surface area contributed by atoms with Gasteiger partial charge in [0, 0.05) is 6.92 Å². The molecule has 0 heterocycles. The summed E-state index contributed by atoms with van der Waals surface area (Å²) in [6.07, 6.45) is 15.8. The van der Waals surface area contributed by atoms with Crippen LogP contribution in [0.4, 0.5) is 0 Å². The van der Waals surface area contributed by atoms with Gasteiger partial charge in [-0.05, 0) is 110 Å². The predicted molar refractivity (Wildman–Crippen MR) is 133 cm³/mol. The van der Waals surface area contributed by atoms with Crippen LogP contribution in [-0.2, 0) is 9.53 Å². The molecule has 0 N–H and O–H groups in total. The third kappa shape index (κ3) is 4.22. The van der Waals surface area contributed by atoms with Crippen LogP contribution in [-0.4, -0.2) is 12.1 Å². The van der Waals surface area contributed by atoms with E-state index in [-0.39, 0.29) is 12.1 Å². The van der Waals surface area contributed by atoms with Crippen molar-refractivity contribution in [3.63, 3.8) is 0 Å². The summed E-state index contributed by atoms with van der Waals surface area (Å²) in [5, 5.41) is 0. The number of hydrogen-bond acceptors (Lipinski definition) is 2. The molecule has 0 saturated heterocycles. The van der Waals surface area contributed by atoms with E-state index in [9.17, 15) is 4.79 Å². The van der Waals surface area contributed by atoms with Gasteiger partial charge in [-0.3, -0.25) is 4.79 Å². The molecule has 0 bridgehead atoms. The van der Waals surface area contributed by atoms with Crippen molar-refractivity contribution in [1.29, 1.82) is 0 Å². The Kier molecular flexibility index (Phi) is 6.92. The fraction of sp³-hybridized carbons (Fsp3) is 0.900. The van der Waals surface area contributed by atoms with Gasteiger partial charge in [0.25, 0.3) is 0 Å². The summed E-state index contributed by atoms with van der Waals surface area (Å²) in [4.78, 5) is 11.5. The van der Waals surface area contributed by atoms with Gasteiger partial charge in [0.05, 0.1) is 0 Å². The Hall–Kier alpha value is -0.790. The van der Waals surface area contributed by atoms with Gasteiger partial charge in [-0.1, -0.05) is 60.0 Å². The Morgan fingerprint density at radius 3 is 2.44 bits per heavy atom. The first kappa shape index (κ1) is 24.3. The second kappa shape index (κ2) is 9.10. The SMILES string of the molecule is CC(=O)O[C@@H]1C=C2CC[C@@H]3[C@H]4CC[C@@H]([C@H](C)CC[C@H](C)C(C)C)[C@@]4(C)CC[C@H]3[C@@]2(C)CC1. The molecule has 4 rings (SSSR count). The highest BCUT2D eigenvalue weighted by atomic mass is 16.5. The van der Waals surface area contributed by atoms with E-state index in [1.807, 2.05) is 0 Å². The van der Waals surface area contributed by atoms with Crippen molar-refractivity contribution in [2.24, 2.45) is 52.3 Å². The van der Waals surface area contributed by atoms with Crippen LogP contribution in [0.1, 0.15) is 113 Å². The lowest BCUT2D eigenvalue weighted by Crippen LogP contribution is -2.51. The highest BCUT2D eigenvalue weighted by Crippen LogP contribution is 2.67. The summed E-state index contributed by atoms with van der Waals surface area (Å²) in [6, 6.07) is 0. The molecule has 9 atom stereocenters. The number of carbonyl (C=O) groups excluding carboxylic acids is 1. The molecule has 0 aromatic heterocycles. The molecule has 3 fully saturated rings. The number of carbonyl (C=O) groups is 1. The zero-order valence-corrected chi connectivity index (χ0v) is 22.1. The molecular weight excluding hydrogens is 392 g/mol. The van der Waals surface area contributed by atoms with E-state index in [1.54, 1.807) is 12.5 Å². The van der Waals surface area contributed by atoms with Gasteiger partial charge in [-0.25, -0.2) is 0 Å². The fourth-order valence-electron chi connectivity index (χ4n) is 9.04. The number of esters is 1. The van der Waals surface area contributed by atoms with Crippen LogP contribution in [0, 0.1) is 52.3 Å². The minimum absolute atomic E-state index is 0.0194. The van der Waals surface area contributed by atoms with E-state index in [0.717, 1.165) is 47.8 Å². The molecule has 0 amide bonds. The van der Waals surface area contributed by atoms with Crippen molar-refractivity contribution in [3.05, 3.63) is 11.6 Å². The van der Waals surface area contributed by atoms with Gasteiger partial charge in [0.1, 0.15) is 6.10 Å². The summed E-state index contributed by atoms with van der Waals surface area (Å²) in [6.45, 7) is 16.6. The molecule has 2 heteroatoms. The van der Waals surface area contributed by atoms with Crippen molar-refractivity contribution < 1.29 is 9.53 Å². The summed E-state index contributed by atoms with van der Waals surface area (Å²) < 4.78 is 5.59. The van der Waals surface area contributed by atoms with Gasteiger partial charge >= 0.3 is 5.97 Å². The van der Waals surface area contributed by atoms with Crippen molar-refractivity contribution >= 4 is 5.97 Å². The quantitative estimate of drug-likeness (QED) is 0.306. The first-order valence-corrected chi connectivity index (χ1v) is 13.9. The van der Waals surface area contributed by atoms with Crippen LogP contribution < -0.4 is 0 Å². The number of ether oxygens (including phenoxy) is 1. The maximum absolute atomic E-state index is 11.5. The number of rotatable bonds is 6. The highest BCUT2D eigenvalue weighted by molar-refractivity contribution is 5.66. The lowest BCUT2D eigenvalue weighted by molar-refractivity contribution is -0.145. The molecule has 2 nitrogen and oxygen atoms in total. The largest absolute Gasteiger partial charge is 0.458 e. The molecule has 182 valence electrons. The van der Waals surface area contributed by atoms with Crippen LogP contribution in [0.25, 0.3) is 0 Å². The van der Waals surface area contributed by atoms with Crippen molar-refractivity contribution in [3.8, 4) is 0 Å². The molecule has 0 aromatic carbocycles. The topological polar surface area (TPSA) is 26.3 Å². The molecule has 0 aromatic rings. The van der Waals surface area contributed by atoms with Crippen LogP contribution >= 0.6 is 0 Å². The van der Waals surface area contributed by atoms with Crippen LogP contribution in [0.5, 0.6) is 0 Å². The molecule has 32 heavy (non-hydrogen) atoms. The number of fused-ring (bicyclic) bond motifs is 5. The van der Waals surface area contributed by atoms with E-state index in [4.69, 9.17) is 4.74 Å². The first-order chi connectivity index (χ1) is 15.1. The fourth-order valence-corrected chi connectivity index (χ4v) is 9.04. The number of hydrogen-bond donors (Lipinski definition) is 0. The molecule has 0 unspecified atom stereocenters. The first-order valence-electron chi connectivity index (χ1n) is 13.9. The summed E-state index contributed by atoms with van der Waals surface area (Å²) in [7, 11) is 0. The summed E-state index contributed by atoms with van der Waals surface area (Å²) in [5.41, 5.74) is 2.52. The normalized spacial score (nSPS) is 43.0. The van der Waals surface area contributed by atoms with Gasteiger partial charge in [-0.2, -0.15) is 0 Å². The summed E-state index contributed by atoms with van der Waals surface area (Å²) >= 11 is 0. The zero-order valence-electron chi connectivity index (χ0n) is 22.1. The third-order valence-electron chi connectivity index (χ3n) is 11.4. The third-order valence-corrected chi connectivity index (χ3v) is 11.4. The Balaban J connectivity index is 1.47. The van der Waals surface area contributed by atoms with Crippen molar-refractivity contribution in [2.75, 3.05) is 0 Å². The average Bonchev–Trinajstić information content (AvgIpc) is 3.08. The smallest absolute Gasteiger partial charge is 0.303 e. The lowest BCUT2D eigenvalue weighted by Gasteiger charge is -2.59. The molecule has 3 saturated carbocycles. The maximum atomic E-state index is 11.5. The second-order valence-corrected chi connectivity index (χ2v) is 13.2. The summed E-state index contributed by atoms with van der Waals surface area (Å²) in [5.74, 6) is 6.01. The Morgan fingerprint density at radius 2 is 1.75 bits per heavy atom. The molecule has 0 spiro atoms. The molecule has 0 aliphatic heterocycles. The predicted octanol–water partition coefficient (Wildman–Crippen LogP) is 8.21. The Labute approximate surface area is 198 Å². The van der Waals surface area contributed by atoms with Gasteiger partial charge < -0.3 is 4.74 Å². The number of allylic oxidation sites excluding steroid dienone is 1. The lowest BCUT2D eigenvalue weighted by atomic mass is 9.46. The van der Waals surface area contributed by atoms with Crippen LogP contribution in [0.3, 0.4) is 0 Å². The van der Waals surface area contributed by atoms with Gasteiger partial charge in [0.2, 0.25) is 0 Å². The maximum Gasteiger partial charge on any atom is 0.303 e. The van der Waals surface area contributed by atoms with Crippen LogP contribution in [0.2, 0.25) is 0 Å². The van der Waals surface area contributed by atoms with E-state index in [0.29, 0.717) is 10.8 Å². The molecule has 4 aliphatic rings. The molecule has 0 radical (unpaired) electrons. The molecule has 4 aliphatic carbocycles. The molecular formula is C30H50O2. The van der Waals surface area contributed by atoms with Gasteiger partial charge in [0.15, 0.2) is 0 Å². The Morgan fingerprint density at radius 1 is 1.00 bits per heavy atom. The average molecular weight is 443 g/mol. The monoisotopic (exact) mass is 442 g/mol. The van der Waals surface area contributed by atoms with E-state index < -0.39 is 0 Å². The van der Waals surface area contributed by atoms with E-state index >= 15 is 0 Å². The minimum Gasteiger partial charge on any atom is -0.458 e.